The van der Waals surface area contributed by atoms with Gasteiger partial charge in [0, 0.05) is 46.8 Å². The molecule has 0 saturated carbocycles. The van der Waals surface area contributed by atoms with Crippen LogP contribution < -0.4 is 10.6 Å². The Morgan fingerprint density at radius 3 is 2.53 bits per heavy atom. The summed E-state index contributed by atoms with van der Waals surface area (Å²) in [7, 11) is 1.93. The number of rotatable bonds is 5. The van der Waals surface area contributed by atoms with Crippen LogP contribution >= 0.6 is 11.6 Å². The van der Waals surface area contributed by atoms with E-state index in [9.17, 15) is 9.59 Å². The highest BCUT2D eigenvalue weighted by molar-refractivity contribution is 6.52. The van der Waals surface area contributed by atoms with E-state index in [1.54, 1.807) is 6.07 Å². The molecule has 160 valence electrons. The number of amides is 2. The summed E-state index contributed by atoms with van der Waals surface area (Å²) < 4.78 is 1.96. The van der Waals surface area contributed by atoms with Crippen LogP contribution in [0.1, 0.15) is 23.6 Å². The maximum Gasteiger partial charge on any atom is 0.259 e. The quantitative estimate of drug-likeness (QED) is 0.441. The Kier molecular flexibility index (Phi) is 5.08. The van der Waals surface area contributed by atoms with Crippen molar-refractivity contribution in [1.82, 2.24) is 15.2 Å². The first-order valence-corrected chi connectivity index (χ1v) is 10.9. The summed E-state index contributed by atoms with van der Waals surface area (Å²) in [6.45, 7) is 3.62. The summed E-state index contributed by atoms with van der Waals surface area (Å²) in [5.41, 5.74) is 4.06. The lowest BCUT2D eigenvalue weighted by molar-refractivity contribution is -0.122. The molecule has 6 heteroatoms. The number of aryl methyl sites for hydroxylation is 1. The third-order valence-electron chi connectivity index (χ3n) is 5.96. The summed E-state index contributed by atoms with van der Waals surface area (Å²) in [6, 6.07) is 17.7. The van der Waals surface area contributed by atoms with Crippen molar-refractivity contribution < 1.29 is 9.59 Å². The number of hydrogen-bond donors (Lipinski definition) is 2. The second-order valence-electron chi connectivity index (χ2n) is 7.96. The molecular weight excluding hydrogens is 422 g/mol. The average molecular weight is 444 g/mol. The van der Waals surface area contributed by atoms with E-state index in [0.717, 1.165) is 39.3 Å². The Bertz CT molecular complexity index is 1450. The van der Waals surface area contributed by atoms with Gasteiger partial charge in [-0.25, -0.2) is 0 Å². The number of nitrogens with one attached hydrogen (secondary N) is 2. The van der Waals surface area contributed by atoms with Crippen LogP contribution in [0.2, 0.25) is 5.02 Å². The lowest BCUT2D eigenvalue weighted by Gasteiger charge is -2.12. The number of nitrogens with zero attached hydrogens (tertiary/aromatic N) is 1. The molecule has 2 amide bonds. The number of halogens is 1. The lowest BCUT2D eigenvalue weighted by atomic mass is 9.91. The summed E-state index contributed by atoms with van der Waals surface area (Å²) in [6.07, 6.45) is 1.90. The molecule has 0 unspecified atom stereocenters. The van der Waals surface area contributed by atoms with E-state index < -0.39 is 11.8 Å². The predicted molar refractivity (Wildman–Crippen MR) is 129 cm³/mol. The van der Waals surface area contributed by atoms with Gasteiger partial charge in [0.2, 0.25) is 0 Å². The highest BCUT2D eigenvalue weighted by Gasteiger charge is 2.35. The summed E-state index contributed by atoms with van der Waals surface area (Å²) in [5, 5.41) is 8.99. The van der Waals surface area contributed by atoms with E-state index in [4.69, 9.17) is 11.6 Å². The van der Waals surface area contributed by atoms with E-state index in [2.05, 4.69) is 23.6 Å². The van der Waals surface area contributed by atoms with Gasteiger partial charge >= 0.3 is 0 Å². The maximum atomic E-state index is 13.1. The zero-order valence-corrected chi connectivity index (χ0v) is 18.6. The zero-order chi connectivity index (χ0) is 22.4. The fourth-order valence-corrected chi connectivity index (χ4v) is 4.72. The predicted octanol–water partition coefficient (Wildman–Crippen LogP) is 4.66. The first-order valence-electron chi connectivity index (χ1n) is 10.6. The molecule has 3 aromatic carbocycles. The Hall–Kier alpha value is -3.41. The van der Waals surface area contributed by atoms with Gasteiger partial charge in [-0.05, 0) is 41.1 Å². The molecule has 4 aromatic rings. The minimum Gasteiger partial charge on any atom is -0.350 e. The van der Waals surface area contributed by atoms with Crippen LogP contribution in [0.5, 0.6) is 0 Å². The number of carbonyl (C=O) groups is 2. The molecule has 32 heavy (non-hydrogen) atoms. The second kappa shape index (κ2) is 7.93. The van der Waals surface area contributed by atoms with E-state index in [1.807, 2.05) is 60.3 Å². The van der Waals surface area contributed by atoms with E-state index in [1.165, 1.54) is 0 Å². The zero-order valence-electron chi connectivity index (χ0n) is 17.8. The fourth-order valence-electron chi connectivity index (χ4n) is 4.47. The van der Waals surface area contributed by atoms with Gasteiger partial charge in [-0.1, -0.05) is 54.9 Å². The van der Waals surface area contributed by atoms with Gasteiger partial charge < -0.3 is 9.88 Å². The van der Waals surface area contributed by atoms with Crippen molar-refractivity contribution in [2.24, 2.45) is 7.05 Å². The molecule has 1 aliphatic rings. The van der Waals surface area contributed by atoms with Crippen LogP contribution in [0.3, 0.4) is 0 Å². The SMILES string of the molecule is CCNCc1ccc2ccc(Cl)c(C3=C(c4cn(C)c5ccccc45)C(=O)NC3=O)c2c1. The van der Waals surface area contributed by atoms with Gasteiger partial charge in [0.25, 0.3) is 11.8 Å². The van der Waals surface area contributed by atoms with Gasteiger partial charge in [0.15, 0.2) is 0 Å². The molecule has 1 aliphatic heterocycles. The molecule has 5 nitrogen and oxygen atoms in total. The van der Waals surface area contributed by atoms with Gasteiger partial charge in [-0.2, -0.15) is 0 Å². The van der Waals surface area contributed by atoms with Crippen molar-refractivity contribution in [1.29, 1.82) is 0 Å². The fraction of sp³-hybridized carbons (Fsp3) is 0.154. The first kappa shape index (κ1) is 20.5. The first-order chi connectivity index (χ1) is 15.5. The molecule has 2 N–H and O–H groups in total. The van der Waals surface area contributed by atoms with Crippen molar-refractivity contribution in [3.63, 3.8) is 0 Å². The molecule has 5 rings (SSSR count). The largest absolute Gasteiger partial charge is 0.350 e. The second-order valence-corrected chi connectivity index (χ2v) is 8.37. The molecular formula is C26H22ClN3O2. The Morgan fingerprint density at radius 2 is 1.72 bits per heavy atom. The minimum atomic E-state index is -0.426. The highest BCUT2D eigenvalue weighted by atomic mass is 35.5. The van der Waals surface area contributed by atoms with Crippen LogP contribution in [0, 0.1) is 0 Å². The number of carbonyl (C=O) groups excluding carboxylic acids is 2. The summed E-state index contributed by atoms with van der Waals surface area (Å²) in [5.74, 6) is -0.831. The van der Waals surface area contributed by atoms with Gasteiger partial charge in [0.1, 0.15) is 0 Å². The molecule has 0 radical (unpaired) electrons. The van der Waals surface area contributed by atoms with Crippen molar-refractivity contribution in [3.8, 4) is 0 Å². The van der Waals surface area contributed by atoms with Gasteiger partial charge in [-0.15, -0.1) is 0 Å². The van der Waals surface area contributed by atoms with E-state index in [-0.39, 0.29) is 0 Å². The molecule has 0 fully saturated rings. The number of para-hydroxylation sites is 1. The molecule has 0 spiro atoms. The molecule has 2 heterocycles. The number of benzene rings is 3. The standard InChI is InChI=1S/C26H22ClN3O2/c1-3-28-13-15-8-9-16-10-11-20(27)22(18(16)12-15)24-23(25(31)29-26(24)32)19-14-30(2)21-7-5-4-6-17(19)21/h4-12,14,28H,3,13H2,1-2H3,(H,29,31,32). The molecule has 0 atom stereocenters. The molecule has 0 saturated heterocycles. The average Bonchev–Trinajstić information content (AvgIpc) is 3.27. The van der Waals surface area contributed by atoms with Crippen LogP contribution in [0.25, 0.3) is 32.8 Å². The minimum absolute atomic E-state index is 0.322. The third-order valence-corrected chi connectivity index (χ3v) is 6.28. The topological polar surface area (TPSA) is 63.1 Å². The highest BCUT2D eigenvalue weighted by Crippen LogP contribution is 2.41. The lowest BCUT2D eigenvalue weighted by Crippen LogP contribution is -2.22. The Labute approximate surface area is 190 Å². The van der Waals surface area contributed by atoms with Crippen LogP contribution in [-0.2, 0) is 23.2 Å². The normalized spacial score (nSPS) is 14.1. The van der Waals surface area contributed by atoms with E-state index in [0.29, 0.717) is 28.3 Å². The number of aromatic nitrogens is 1. The third kappa shape index (κ3) is 3.22. The van der Waals surface area contributed by atoms with Gasteiger partial charge in [-0.3, -0.25) is 14.9 Å². The summed E-state index contributed by atoms with van der Waals surface area (Å²) >= 11 is 6.68. The van der Waals surface area contributed by atoms with Crippen molar-refractivity contribution >= 4 is 56.2 Å². The van der Waals surface area contributed by atoms with Crippen molar-refractivity contribution in [2.45, 2.75) is 13.5 Å². The van der Waals surface area contributed by atoms with E-state index >= 15 is 0 Å². The van der Waals surface area contributed by atoms with Gasteiger partial charge in [0.05, 0.1) is 11.1 Å². The van der Waals surface area contributed by atoms with Crippen molar-refractivity contribution in [3.05, 3.63) is 82.5 Å². The Morgan fingerprint density at radius 1 is 0.969 bits per heavy atom. The van der Waals surface area contributed by atoms with Crippen LogP contribution in [0.4, 0.5) is 0 Å². The smallest absolute Gasteiger partial charge is 0.259 e. The number of fused-ring (bicyclic) bond motifs is 2. The van der Waals surface area contributed by atoms with Crippen LogP contribution in [0.15, 0.2) is 60.8 Å². The Balaban J connectivity index is 1.83. The maximum absolute atomic E-state index is 13.1. The molecule has 0 bridgehead atoms. The monoisotopic (exact) mass is 443 g/mol. The molecule has 1 aromatic heterocycles. The number of hydrogen-bond acceptors (Lipinski definition) is 3. The van der Waals surface area contributed by atoms with Crippen LogP contribution in [-0.4, -0.2) is 22.9 Å². The molecule has 0 aliphatic carbocycles. The van der Waals surface area contributed by atoms with Crippen molar-refractivity contribution in [2.75, 3.05) is 6.54 Å². The number of imide groups is 1. The summed E-state index contributed by atoms with van der Waals surface area (Å²) in [4.78, 5) is 26.1.